The Balaban J connectivity index is 1.58. The third kappa shape index (κ3) is 3.03. The number of hydrogen-bond acceptors (Lipinski definition) is 3. The lowest BCUT2D eigenvalue weighted by Crippen LogP contribution is -2.37. The number of nitrogens with zero attached hydrogens (tertiary/aromatic N) is 3. The molecule has 1 aromatic carbocycles. The van der Waals surface area contributed by atoms with Crippen molar-refractivity contribution in [3.05, 3.63) is 71.7 Å². The molecule has 1 unspecified atom stereocenters. The molecule has 0 bridgehead atoms. The van der Waals surface area contributed by atoms with Crippen LogP contribution >= 0.6 is 0 Å². The Morgan fingerprint density at radius 1 is 1.19 bits per heavy atom. The predicted molar refractivity (Wildman–Crippen MR) is 93.7 cm³/mol. The van der Waals surface area contributed by atoms with Gasteiger partial charge in [-0.25, -0.2) is 13.8 Å². The van der Waals surface area contributed by atoms with Gasteiger partial charge in [-0.05, 0) is 43.0 Å². The average molecular weight is 353 g/mol. The molecule has 0 spiro atoms. The minimum absolute atomic E-state index is 0.162. The summed E-state index contributed by atoms with van der Waals surface area (Å²) in [5, 5.41) is 0.913. The second-order valence-electron chi connectivity index (χ2n) is 6.48. The monoisotopic (exact) mass is 353 g/mol. The first-order chi connectivity index (χ1) is 12.6. The van der Waals surface area contributed by atoms with Crippen LogP contribution in [0.2, 0.25) is 0 Å². The summed E-state index contributed by atoms with van der Waals surface area (Å²) < 4.78 is 27.4. The number of likely N-dealkylation sites (tertiary alicyclic amines) is 1. The fourth-order valence-electron chi connectivity index (χ4n) is 3.51. The third-order valence-corrected chi connectivity index (χ3v) is 4.84. The van der Waals surface area contributed by atoms with Crippen LogP contribution in [0.5, 0.6) is 0 Å². The number of benzene rings is 1. The van der Waals surface area contributed by atoms with E-state index in [4.69, 9.17) is 0 Å². The van der Waals surface area contributed by atoms with Gasteiger partial charge in [0.25, 0.3) is 5.91 Å². The van der Waals surface area contributed by atoms with E-state index in [1.165, 1.54) is 6.07 Å². The van der Waals surface area contributed by atoms with E-state index in [1.54, 1.807) is 29.4 Å². The number of pyridine rings is 2. The first-order valence-electron chi connectivity index (χ1n) is 8.58. The van der Waals surface area contributed by atoms with E-state index in [9.17, 15) is 13.6 Å². The van der Waals surface area contributed by atoms with Gasteiger partial charge in [-0.2, -0.15) is 0 Å². The Labute approximate surface area is 149 Å². The van der Waals surface area contributed by atoms with E-state index in [0.29, 0.717) is 29.7 Å². The lowest BCUT2D eigenvalue weighted by Gasteiger charge is -2.25. The topological polar surface area (TPSA) is 46.1 Å². The molecule has 1 atom stereocenters. The van der Waals surface area contributed by atoms with Gasteiger partial charge in [0.05, 0.1) is 11.7 Å². The maximum absolute atomic E-state index is 14.0. The van der Waals surface area contributed by atoms with E-state index in [-0.39, 0.29) is 11.9 Å². The molecule has 1 fully saturated rings. The second kappa shape index (κ2) is 6.78. The first-order valence-corrected chi connectivity index (χ1v) is 8.58. The molecule has 0 aliphatic carbocycles. The van der Waals surface area contributed by atoms with Crippen LogP contribution in [0.3, 0.4) is 0 Å². The molecule has 1 aliphatic heterocycles. The minimum Gasteiger partial charge on any atom is -0.334 e. The molecule has 4 rings (SSSR count). The number of aromatic nitrogens is 2. The van der Waals surface area contributed by atoms with E-state index in [0.717, 1.165) is 24.3 Å². The molecule has 3 heterocycles. The number of carbonyl (C=O) groups is 1. The fraction of sp³-hybridized carbons (Fsp3) is 0.250. The third-order valence-electron chi connectivity index (χ3n) is 4.84. The molecular weight excluding hydrogens is 336 g/mol. The van der Waals surface area contributed by atoms with Crippen molar-refractivity contribution in [3.63, 3.8) is 0 Å². The second-order valence-corrected chi connectivity index (χ2v) is 6.48. The maximum Gasteiger partial charge on any atom is 0.272 e. The lowest BCUT2D eigenvalue weighted by molar-refractivity contribution is 0.0730. The maximum atomic E-state index is 14.0. The van der Waals surface area contributed by atoms with Crippen molar-refractivity contribution in [2.24, 2.45) is 0 Å². The summed E-state index contributed by atoms with van der Waals surface area (Å²) in [5.74, 6) is -1.88. The summed E-state index contributed by atoms with van der Waals surface area (Å²) in [7, 11) is 0. The SMILES string of the molecule is O=C(c1ccc2ccncc2n1)N1CCCC1Cc1cccc(F)c1F. The number of rotatable bonds is 3. The van der Waals surface area contributed by atoms with Gasteiger partial charge in [-0.15, -0.1) is 0 Å². The zero-order valence-electron chi connectivity index (χ0n) is 14.0. The van der Waals surface area contributed by atoms with Gasteiger partial charge in [-0.1, -0.05) is 18.2 Å². The molecule has 1 saturated heterocycles. The largest absolute Gasteiger partial charge is 0.334 e. The minimum atomic E-state index is -0.859. The van der Waals surface area contributed by atoms with Crippen molar-refractivity contribution in [1.82, 2.24) is 14.9 Å². The molecule has 0 N–H and O–H groups in total. The summed E-state index contributed by atoms with van der Waals surface area (Å²) in [6, 6.07) is 9.37. The van der Waals surface area contributed by atoms with Gasteiger partial charge in [0.15, 0.2) is 11.6 Å². The van der Waals surface area contributed by atoms with E-state index >= 15 is 0 Å². The average Bonchev–Trinajstić information content (AvgIpc) is 3.12. The van der Waals surface area contributed by atoms with E-state index in [1.807, 2.05) is 12.1 Å². The number of hydrogen-bond donors (Lipinski definition) is 0. The molecule has 0 saturated carbocycles. The highest BCUT2D eigenvalue weighted by molar-refractivity contribution is 5.95. The molecule has 26 heavy (non-hydrogen) atoms. The highest BCUT2D eigenvalue weighted by Crippen LogP contribution is 2.25. The fourth-order valence-corrected chi connectivity index (χ4v) is 3.51. The Kier molecular flexibility index (Phi) is 4.32. The molecule has 3 aromatic rings. The van der Waals surface area contributed by atoms with Gasteiger partial charge in [0.1, 0.15) is 5.69 Å². The van der Waals surface area contributed by atoms with Gasteiger partial charge in [0.2, 0.25) is 0 Å². The molecule has 2 aromatic heterocycles. The normalized spacial score (nSPS) is 17.0. The van der Waals surface area contributed by atoms with Gasteiger partial charge < -0.3 is 4.90 Å². The van der Waals surface area contributed by atoms with Crippen LogP contribution < -0.4 is 0 Å². The van der Waals surface area contributed by atoms with E-state index < -0.39 is 11.6 Å². The first kappa shape index (κ1) is 16.6. The molecular formula is C20H17F2N3O. The standard InChI is InChI=1S/C20H17F2N3O/c21-16-5-1-3-14(19(16)22)11-15-4-2-10-25(15)20(26)17-7-6-13-8-9-23-12-18(13)24-17/h1,3,5-9,12,15H,2,4,10-11H2. The Morgan fingerprint density at radius 3 is 2.96 bits per heavy atom. The van der Waals surface area contributed by atoms with Crippen LogP contribution in [0.25, 0.3) is 10.9 Å². The van der Waals surface area contributed by atoms with Gasteiger partial charge in [-0.3, -0.25) is 9.78 Å². The Bertz CT molecular complexity index is 976. The van der Waals surface area contributed by atoms with Crippen molar-refractivity contribution in [1.29, 1.82) is 0 Å². The van der Waals surface area contributed by atoms with Crippen LogP contribution in [0.4, 0.5) is 8.78 Å². The van der Waals surface area contributed by atoms with Crippen LogP contribution in [0.1, 0.15) is 28.9 Å². The quantitative estimate of drug-likeness (QED) is 0.720. The Morgan fingerprint density at radius 2 is 2.08 bits per heavy atom. The van der Waals surface area contributed by atoms with Crippen molar-refractivity contribution in [3.8, 4) is 0 Å². The van der Waals surface area contributed by atoms with Crippen molar-refractivity contribution in [2.45, 2.75) is 25.3 Å². The van der Waals surface area contributed by atoms with Crippen LogP contribution in [-0.4, -0.2) is 33.4 Å². The van der Waals surface area contributed by atoms with Crippen molar-refractivity contribution < 1.29 is 13.6 Å². The summed E-state index contributed by atoms with van der Waals surface area (Å²) in [5.41, 5.74) is 1.30. The zero-order chi connectivity index (χ0) is 18.1. The van der Waals surface area contributed by atoms with Gasteiger partial charge >= 0.3 is 0 Å². The molecule has 0 radical (unpaired) electrons. The molecule has 6 heteroatoms. The predicted octanol–water partition coefficient (Wildman–Crippen LogP) is 3.76. The van der Waals surface area contributed by atoms with E-state index in [2.05, 4.69) is 9.97 Å². The van der Waals surface area contributed by atoms with Crippen molar-refractivity contribution >= 4 is 16.8 Å². The summed E-state index contributed by atoms with van der Waals surface area (Å²) in [6.45, 7) is 0.590. The molecule has 4 nitrogen and oxygen atoms in total. The van der Waals surface area contributed by atoms with Crippen LogP contribution in [-0.2, 0) is 6.42 Å². The van der Waals surface area contributed by atoms with Crippen LogP contribution in [0.15, 0.2) is 48.8 Å². The number of carbonyl (C=O) groups excluding carboxylic acids is 1. The molecule has 1 amide bonds. The van der Waals surface area contributed by atoms with Crippen molar-refractivity contribution in [2.75, 3.05) is 6.54 Å². The summed E-state index contributed by atoms with van der Waals surface area (Å²) in [4.78, 5) is 23.1. The zero-order valence-corrected chi connectivity index (χ0v) is 14.0. The van der Waals surface area contributed by atoms with Crippen LogP contribution in [0, 0.1) is 11.6 Å². The number of fused-ring (bicyclic) bond motifs is 1. The number of halogens is 2. The summed E-state index contributed by atoms with van der Waals surface area (Å²) in [6.07, 6.45) is 5.19. The summed E-state index contributed by atoms with van der Waals surface area (Å²) >= 11 is 0. The lowest BCUT2D eigenvalue weighted by atomic mass is 10.0. The molecule has 1 aliphatic rings. The highest BCUT2D eigenvalue weighted by Gasteiger charge is 2.31. The smallest absolute Gasteiger partial charge is 0.272 e. The molecule has 132 valence electrons. The number of amides is 1. The highest BCUT2D eigenvalue weighted by atomic mass is 19.2. The Hall–Kier alpha value is -2.89. The van der Waals surface area contributed by atoms with Gasteiger partial charge in [0, 0.05) is 24.2 Å².